The molecule has 25 heavy (non-hydrogen) atoms. The zero-order valence-electron chi connectivity index (χ0n) is 15.1. The predicted molar refractivity (Wildman–Crippen MR) is 92.9 cm³/mol. The fraction of sp³-hybridized carbons (Fsp3) is 1.00. The fourth-order valence-electron chi connectivity index (χ4n) is 14.5. The largest absolute Gasteiger partial charge is 0.0470 e. The van der Waals surface area contributed by atoms with Crippen molar-refractivity contribution in [3.05, 3.63) is 0 Å². The van der Waals surface area contributed by atoms with Crippen molar-refractivity contribution < 1.29 is 0 Å². The maximum atomic E-state index is 1.72. The molecule has 0 saturated heterocycles. The van der Waals surface area contributed by atoms with Gasteiger partial charge >= 0.3 is 0 Å². The lowest BCUT2D eigenvalue weighted by Gasteiger charge is -2.94. The van der Waals surface area contributed by atoms with E-state index in [1.54, 1.807) is 32.1 Å². The van der Waals surface area contributed by atoms with E-state index in [-0.39, 0.29) is 0 Å². The summed E-state index contributed by atoms with van der Waals surface area (Å²) in [6, 6.07) is 0. The van der Waals surface area contributed by atoms with Crippen LogP contribution in [-0.2, 0) is 0 Å². The Hall–Kier alpha value is 0. The van der Waals surface area contributed by atoms with Crippen molar-refractivity contribution in [3.8, 4) is 0 Å². The third-order valence-electron chi connectivity index (χ3n) is 14.8. The van der Waals surface area contributed by atoms with Gasteiger partial charge in [0.15, 0.2) is 0 Å². The number of fused-ring (bicyclic) bond motifs is 9. The topological polar surface area (TPSA) is 0 Å². The second-order valence-corrected chi connectivity index (χ2v) is 13.6. The quantitative estimate of drug-likeness (QED) is 0.617. The van der Waals surface area contributed by atoms with Gasteiger partial charge in [-0.3, -0.25) is 0 Å². The molecule has 0 spiro atoms. The van der Waals surface area contributed by atoms with Crippen LogP contribution in [0, 0.1) is 118 Å². The maximum absolute atomic E-state index is 1.72. The highest BCUT2D eigenvalue weighted by Gasteiger charge is 2.90. The Kier molecular flexibility index (Phi) is 1.41. The van der Waals surface area contributed by atoms with Crippen molar-refractivity contribution in [1.29, 1.82) is 0 Å². The van der Waals surface area contributed by atoms with Gasteiger partial charge in [0.1, 0.15) is 0 Å². The van der Waals surface area contributed by atoms with Gasteiger partial charge in [0.25, 0.3) is 0 Å². The molecule has 20 atom stereocenters. The summed E-state index contributed by atoms with van der Waals surface area (Å²) in [5.74, 6) is 25.6. The van der Waals surface area contributed by atoms with Gasteiger partial charge in [-0.15, -0.1) is 0 Å². The zero-order chi connectivity index (χ0) is 15.1. The zero-order valence-corrected chi connectivity index (χ0v) is 15.1. The lowest BCUT2D eigenvalue weighted by Crippen LogP contribution is -2.91. The van der Waals surface area contributed by atoms with Crippen LogP contribution in [-0.4, -0.2) is 0 Å². The van der Waals surface area contributed by atoms with Crippen molar-refractivity contribution in [2.24, 2.45) is 118 Å². The van der Waals surface area contributed by atoms with E-state index in [2.05, 4.69) is 0 Å². The molecule has 2 bridgehead atoms. The summed E-state index contributed by atoms with van der Waals surface area (Å²) in [7, 11) is 0. The van der Waals surface area contributed by atoms with Crippen LogP contribution in [0.15, 0.2) is 0 Å². The molecule has 0 aromatic heterocycles. The molecule has 11 aliphatic carbocycles. The summed E-state index contributed by atoms with van der Waals surface area (Å²) in [6.07, 6.45) is 8.55. The highest BCUT2D eigenvalue weighted by Crippen LogP contribution is 2.94. The van der Waals surface area contributed by atoms with E-state index in [1.165, 1.54) is 118 Å². The number of hydrogen-bond donors (Lipinski definition) is 0. The van der Waals surface area contributed by atoms with Crippen molar-refractivity contribution in [3.63, 3.8) is 0 Å². The molecule has 0 radical (unpaired) electrons. The summed E-state index contributed by atoms with van der Waals surface area (Å²) in [5.41, 5.74) is 0. The highest BCUT2D eigenvalue weighted by molar-refractivity contribution is 5.37. The first-order chi connectivity index (χ1) is 12.4. The van der Waals surface area contributed by atoms with Crippen LogP contribution in [0.3, 0.4) is 0 Å². The minimum atomic E-state index is 1.22. The molecular formula is C25H30. The predicted octanol–water partition coefficient (Wildman–Crippen LogP) is 4.41. The van der Waals surface area contributed by atoms with Gasteiger partial charge in [0.05, 0.1) is 0 Å². The highest BCUT2D eigenvalue weighted by atomic mass is 14.9. The van der Waals surface area contributed by atoms with E-state index >= 15 is 0 Å². The number of rotatable bonds is 0. The second kappa shape index (κ2) is 3.00. The molecule has 130 valence electrons. The molecule has 0 nitrogen and oxygen atoms in total. The van der Waals surface area contributed by atoms with E-state index in [1.807, 2.05) is 0 Å². The van der Waals surface area contributed by atoms with Gasteiger partial charge in [-0.25, -0.2) is 0 Å². The number of hydrogen-bond acceptors (Lipinski definition) is 0. The summed E-state index contributed by atoms with van der Waals surface area (Å²) in [4.78, 5) is 0. The summed E-state index contributed by atoms with van der Waals surface area (Å²) in [5, 5.41) is 0. The molecule has 0 aromatic carbocycles. The molecular weight excluding hydrogens is 300 g/mol. The first-order valence-corrected chi connectivity index (χ1v) is 12.4. The standard InChI is InChI=1S/C25H30/c1-6-3-10-8(6)2-7(1)9-4-12-14(9)18-16(12)20-22(18)25-23-19-15-11(10)5-13(15)17(19)21(23)24(20)25/h6-25H,1-5H2. The Morgan fingerprint density at radius 1 is 0.240 bits per heavy atom. The summed E-state index contributed by atoms with van der Waals surface area (Å²) in [6.45, 7) is 0. The monoisotopic (exact) mass is 330 g/mol. The Morgan fingerprint density at radius 3 is 1.44 bits per heavy atom. The van der Waals surface area contributed by atoms with Crippen LogP contribution in [0.4, 0.5) is 0 Å². The van der Waals surface area contributed by atoms with Gasteiger partial charge < -0.3 is 0 Å². The SMILES string of the molecule is C1C2CC3C2CC1C1CC2C1C1C2C2C1C1C4C5C6C3CC6C5C4C21. The van der Waals surface area contributed by atoms with E-state index < -0.39 is 0 Å². The lowest BCUT2D eigenvalue weighted by molar-refractivity contribution is -0.477. The molecule has 20 unspecified atom stereocenters. The van der Waals surface area contributed by atoms with E-state index in [0.29, 0.717) is 0 Å². The Balaban J connectivity index is 1.07. The van der Waals surface area contributed by atoms with Crippen LogP contribution < -0.4 is 0 Å². The first kappa shape index (κ1) is 11.8. The maximum Gasteiger partial charge on any atom is -0.0312 e. The molecule has 11 saturated carbocycles. The van der Waals surface area contributed by atoms with Gasteiger partial charge in [-0.2, -0.15) is 0 Å². The van der Waals surface area contributed by atoms with Crippen LogP contribution in [0.25, 0.3) is 0 Å². The smallest absolute Gasteiger partial charge is 0.0312 e. The molecule has 0 heteroatoms. The normalized spacial score (nSPS) is 91.2. The summed E-state index contributed by atoms with van der Waals surface area (Å²) >= 11 is 0. The van der Waals surface area contributed by atoms with Crippen molar-refractivity contribution >= 4 is 0 Å². The first-order valence-electron chi connectivity index (χ1n) is 12.4. The molecule has 11 fully saturated rings. The van der Waals surface area contributed by atoms with Gasteiger partial charge in [-0.1, -0.05) is 0 Å². The Bertz CT molecular complexity index is 728. The fourth-order valence-corrected chi connectivity index (χ4v) is 14.5. The minimum Gasteiger partial charge on any atom is -0.0470 e. The van der Waals surface area contributed by atoms with E-state index in [4.69, 9.17) is 0 Å². The van der Waals surface area contributed by atoms with Crippen LogP contribution in [0.2, 0.25) is 0 Å². The van der Waals surface area contributed by atoms with Gasteiger partial charge in [0.2, 0.25) is 0 Å². The van der Waals surface area contributed by atoms with Crippen LogP contribution in [0.5, 0.6) is 0 Å². The molecule has 0 aromatic rings. The molecule has 0 heterocycles. The Labute approximate surface area is 150 Å². The van der Waals surface area contributed by atoms with Crippen molar-refractivity contribution in [2.45, 2.75) is 32.1 Å². The van der Waals surface area contributed by atoms with Crippen LogP contribution in [0.1, 0.15) is 32.1 Å². The van der Waals surface area contributed by atoms with Gasteiger partial charge in [-0.05, 0) is 150 Å². The average Bonchev–Trinajstić information content (AvgIpc) is 2.85. The molecule has 0 N–H and O–H groups in total. The minimum absolute atomic E-state index is 1.22. The Morgan fingerprint density at radius 2 is 0.720 bits per heavy atom. The molecule has 0 amide bonds. The van der Waals surface area contributed by atoms with E-state index in [9.17, 15) is 0 Å². The van der Waals surface area contributed by atoms with Crippen molar-refractivity contribution in [1.82, 2.24) is 0 Å². The second-order valence-electron chi connectivity index (χ2n) is 13.6. The third kappa shape index (κ3) is 0.807. The lowest BCUT2D eigenvalue weighted by atomic mass is 9.10. The summed E-state index contributed by atoms with van der Waals surface area (Å²) < 4.78 is 0. The van der Waals surface area contributed by atoms with Gasteiger partial charge in [0, 0.05) is 0 Å². The van der Waals surface area contributed by atoms with E-state index in [0.717, 1.165) is 0 Å². The molecule has 11 rings (SSSR count). The van der Waals surface area contributed by atoms with Crippen molar-refractivity contribution in [2.75, 3.05) is 0 Å². The van der Waals surface area contributed by atoms with Crippen LogP contribution >= 0.6 is 0 Å². The molecule has 11 aliphatic rings. The third-order valence-corrected chi connectivity index (χ3v) is 14.8. The average molecular weight is 331 g/mol. The molecule has 0 aliphatic heterocycles.